The molecule has 94 valence electrons. The molecule has 1 aromatic heterocycles. The molecule has 5 heteroatoms. The van der Waals surface area contributed by atoms with Crippen molar-refractivity contribution in [3.63, 3.8) is 0 Å². The molecule has 0 saturated heterocycles. The molecule has 0 radical (unpaired) electrons. The molecule has 0 spiro atoms. The van der Waals surface area contributed by atoms with Gasteiger partial charge in [0, 0.05) is 22.3 Å². The second kappa shape index (κ2) is 5.42. The zero-order valence-electron chi connectivity index (χ0n) is 9.62. The largest absolute Gasteiger partial charge is 0.309 e. The van der Waals surface area contributed by atoms with E-state index in [-0.39, 0.29) is 0 Å². The van der Waals surface area contributed by atoms with Crippen molar-refractivity contribution in [3.8, 4) is 0 Å². The van der Waals surface area contributed by atoms with E-state index in [1.54, 1.807) is 7.05 Å². The zero-order chi connectivity index (χ0) is 13.1. The lowest BCUT2D eigenvalue weighted by Gasteiger charge is -2.18. The summed E-state index contributed by atoms with van der Waals surface area (Å²) < 4.78 is 27.5. The van der Waals surface area contributed by atoms with Gasteiger partial charge in [0.05, 0.1) is 12.2 Å². The number of hydrogen-bond acceptors (Lipinski definition) is 2. The summed E-state index contributed by atoms with van der Waals surface area (Å²) in [5, 5.41) is 3.28. The van der Waals surface area contributed by atoms with Crippen LogP contribution in [0.2, 0.25) is 5.02 Å². The second-order valence-electron chi connectivity index (χ2n) is 3.78. The van der Waals surface area contributed by atoms with Crippen LogP contribution in [0.1, 0.15) is 17.2 Å². The predicted octanol–water partition coefficient (Wildman–Crippen LogP) is 3.32. The van der Waals surface area contributed by atoms with E-state index in [4.69, 9.17) is 11.6 Å². The monoisotopic (exact) mass is 268 g/mol. The Labute approximate surface area is 109 Å². The molecule has 0 aliphatic heterocycles. The summed E-state index contributed by atoms with van der Waals surface area (Å²) in [5.74, 6) is -0.925. The molecule has 1 N–H and O–H groups in total. The van der Waals surface area contributed by atoms with Crippen LogP contribution >= 0.6 is 11.6 Å². The number of rotatable bonds is 3. The fourth-order valence-corrected chi connectivity index (χ4v) is 2.01. The summed E-state index contributed by atoms with van der Waals surface area (Å²) in [6, 6.07) is 5.11. The van der Waals surface area contributed by atoms with Crippen molar-refractivity contribution in [2.24, 2.45) is 0 Å². The normalized spacial score (nSPS) is 12.4. The Morgan fingerprint density at radius 3 is 2.61 bits per heavy atom. The van der Waals surface area contributed by atoms with Crippen molar-refractivity contribution < 1.29 is 8.78 Å². The van der Waals surface area contributed by atoms with Gasteiger partial charge < -0.3 is 5.32 Å². The van der Waals surface area contributed by atoms with Crippen LogP contribution in [-0.4, -0.2) is 12.0 Å². The van der Waals surface area contributed by atoms with E-state index in [0.717, 1.165) is 6.20 Å². The van der Waals surface area contributed by atoms with Crippen molar-refractivity contribution in [3.05, 3.63) is 64.4 Å². The van der Waals surface area contributed by atoms with Crippen molar-refractivity contribution in [1.82, 2.24) is 10.3 Å². The molecule has 1 aromatic carbocycles. The highest BCUT2D eigenvalue weighted by molar-refractivity contribution is 6.30. The van der Waals surface area contributed by atoms with Crippen LogP contribution < -0.4 is 5.32 Å². The third-order valence-electron chi connectivity index (χ3n) is 2.67. The quantitative estimate of drug-likeness (QED) is 0.924. The van der Waals surface area contributed by atoms with Gasteiger partial charge in [-0.3, -0.25) is 4.98 Å². The van der Waals surface area contributed by atoms with Crippen LogP contribution in [0, 0.1) is 11.6 Å². The minimum atomic E-state index is -0.605. The molecule has 1 unspecified atom stereocenters. The van der Waals surface area contributed by atoms with Crippen LogP contribution in [0.3, 0.4) is 0 Å². The highest BCUT2D eigenvalue weighted by Crippen LogP contribution is 2.27. The number of benzene rings is 1. The van der Waals surface area contributed by atoms with Crippen molar-refractivity contribution in [1.29, 1.82) is 0 Å². The molecular formula is C13H11ClF2N2. The lowest BCUT2D eigenvalue weighted by atomic mass is 9.99. The van der Waals surface area contributed by atoms with Gasteiger partial charge in [-0.15, -0.1) is 0 Å². The maximum absolute atomic E-state index is 13.8. The molecule has 0 saturated carbocycles. The van der Waals surface area contributed by atoms with Crippen molar-refractivity contribution >= 4 is 11.6 Å². The molecule has 0 fully saturated rings. The molecule has 1 atom stereocenters. The Hall–Kier alpha value is -1.52. The minimum absolute atomic E-state index is 0.301. The molecule has 2 aromatic rings. The third kappa shape index (κ3) is 2.49. The average Bonchev–Trinajstić information content (AvgIpc) is 2.36. The second-order valence-corrected chi connectivity index (χ2v) is 4.22. The Morgan fingerprint density at radius 2 is 1.94 bits per heavy atom. The Kier molecular flexibility index (Phi) is 3.89. The number of nitrogens with zero attached hydrogens (tertiary/aromatic N) is 1. The van der Waals surface area contributed by atoms with Gasteiger partial charge in [0.15, 0.2) is 0 Å². The van der Waals surface area contributed by atoms with Gasteiger partial charge in [-0.25, -0.2) is 8.78 Å². The van der Waals surface area contributed by atoms with E-state index in [1.807, 2.05) is 0 Å². The van der Waals surface area contributed by atoms with E-state index in [9.17, 15) is 8.78 Å². The molecule has 2 rings (SSSR count). The summed E-state index contributed by atoms with van der Waals surface area (Å²) in [6.45, 7) is 0. The highest BCUT2D eigenvalue weighted by atomic mass is 35.5. The number of halogens is 3. The molecule has 2 nitrogen and oxygen atoms in total. The standard InChI is InChI=1S/C13H11ClF2N2/c1-17-13(9-4-5-18-7-12(9)16)10-6-8(14)2-3-11(10)15/h2-7,13,17H,1H3. The molecule has 0 bridgehead atoms. The lowest BCUT2D eigenvalue weighted by Crippen LogP contribution is -2.20. The van der Waals surface area contributed by atoms with Gasteiger partial charge in [-0.2, -0.15) is 0 Å². The van der Waals surface area contributed by atoms with Crippen LogP contribution in [-0.2, 0) is 0 Å². The van der Waals surface area contributed by atoms with Crippen LogP contribution in [0.25, 0.3) is 0 Å². The van der Waals surface area contributed by atoms with E-state index in [2.05, 4.69) is 10.3 Å². The van der Waals surface area contributed by atoms with Gasteiger partial charge in [0.25, 0.3) is 0 Å². The molecule has 0 aliphatic rings. The first-order valence-corrected chi connectivity index (χ1v) is 5.73. The molecular weight excluding hydrogens is 258 g/mol. The Bertz CT molecular complexity index is 560. The van der Waals surface area contributed by atoms with Crippen LogP contribution in [0.4, 0.5) is 8.78 Å². The minimum Gasteiger partial charge on any atom is -0.309 e. The Morgan fingerprint density at radius 1 is 1.17 bits per heavy atom. The summed E-state index contributed by atoms with van der Waals surface area (Å²) in [6.07, 6.45) is 2.56. The number of aromatic nitrogens is 1. The molecule has 0 aliphatic carbocycles. The Balaban J connectivity index is 2.52. The fraction of sp³-hybridized carbons (Fsp3) is 0.154. The lowest BCUT2D eigenvalue weighted by molar-refractivity contribution is 0.544. The summed E-state index contributed by atoms with van der Waals surface area (Å²) in [5.41, 5.74) is 0.628. The van der Waals surface area contributed by atoms with Crippen LogP contribution in [0.15, 0.2) is 36.7 Å². The van der Waals surface area contributed by atoms with E-state index < -0.39 is 17.7 Å². The summed E-state index contributed by atoms with van der Waals surface area (Å²) >= 11 is 5.84. The number of pyridine rings is 1. The van der Waals surface area contributed by atoms with Crippen molar-refractivity contribution in [2.45, 2.75) is 6.04 Å². The van der Waals surface area contributed by atoms with E-state index in [1.165, 1.54) is 30.5 Å². The number of nitrogens with one attached hydrogen (secondary N) is 1. The summed E-state index contributed by atoms with van der Waals surface area (Å²) in [4.78, 5) is 3.67. The molecule has 18 heavy (non-hydrogen) atoms. The van der Waals surface area contributed by atoms with Crippen molar-refractivity contribution in [2.75, 3.05) is 7.05 Å². The first kappa shape index (κ1) is 12.9. The van der Waals surface area contributed by atoms with Gasteiger partial charge in [0.1, 0.15) is 11.6 Å². The fourth-order valence-electron chi connectivity index (χ4n) is 1.83. The molecule has 1 heterocycles. The average molecular weight is 269 g/mol. The maximum atomic E-state index is 13.8. The van der Waals surface area contributed by atoms with Gasteiger partial charge in [0.2, 0.25) is 0 Å². The van der Waals surface area contributed by atoms with Crippen LogP contribution in [0.5, 0.6) is 0 Å². The van der Waals surface area contributed by atoms with Gasteiger partial charge in [-0.05, 0) is 31.3 Å². The van der Waals surface area contributed by atoms with E-state index >= 15 is 0 Å². The topological polar surface area (TPSA) is 24.9 Å². The smallest absolute Gasteiger partial charge is 0.146 e. The van der Waals surface area contributed by atoms with Gasteiger partial charge >= 0.3 is 0 Å². The highest BCUT2D eigenvalue weighted by Gasteiger charge is 2.19. The third-order valence-corrected chi connectivity index (χ3v) is 2.91. The first-order valence-electron chi connectivity index (χ1n) is 5.35. The first-order chi connectivity index (χ1) is 8.63. The SMILES string of the molecule is CNC(c1ccncc1F)c1cc(Cl)ccc1F. The molecule has 0 amide bonds. The van der Waals surface area contributed by atoms with E-state index in [0.29, 0.717) is 16.1 Å². The maximum Gasteiger partial charge on any atom is 0.146 e. The summed E-state index contributed by atoms with van der Waals surface area (Å²) in [7, 11) is 1.63. The zero-order valence-corrected chi connectivity index (χ0v) is 10.4. The predicted molar refractivity (Wildman–Crippen MR) is 66.5 cm³/mol. The number of hydrogen-bond donors (Lipinski definition) is 1. The van der Waals surface area contributed by atoms with Gasteiger partial charge in [-0.1, -0.05) is 11.6 Å².